The monoisotopic (exact) mass is 299 g/mol. The van der Waals surface area contributed by atoms with Crippen molar-refractivity contribution >= 4 is 33.3 Å². The number of thioether (sulfide) groups is 1. The van der Waals surface area contributed by atoms with Gasteiger partial charge in [0.05, 0.1) is 0 Å². The number of pyridine rings is 1. The molecular weight excluding hydrogens is 286 g/mol. The van der Waals surface area contributed by atoms with Crippen LogP contribution in [0.25, 0.3) is 5.65 Å². The van der Waals surface area contributed by atoms with Crippen LogP contribution in [0.1, 0.15) is 13.8 Å². The van der Waals surface area contributed by atoms with Crippen molar-refractivity contribution < 1.29 is 0 Å². The van der Waals surface area contributed by atoms with Crippen molar-refractivity contribution in [2.24, 2.45) is 5.41 Å². The molecule has 0 saturated heterocycles. The first-order chi connectivity index (χ1) is 7.62. The average molecular weight is 300 g/mol. The van der Waals surface area contributed by atoms with Crippen molar-refractivity contribution in [3.8, 4) is 0 Å². The lowest BCUT2D eigenvalue weighted by atomic mass is 10.0. The van der Waals surface area contributed by atoms with Crippen molar-refractivity contribution in [2.45, 2.75) is 19.0 Å². The molecule has 2 heterocycles. The minimum Gasteiger partial charge on any atom is -0.277 e. The van der Waals surface area contributed by atoms with Gasteiger partial charge in [0.15, 0.2) is 10.8 Å². The molecule has 0 amide bonds. The van der Waals surface area contributed by atoms with Crippen molar-refractivity contribution in [1.29, 1.82) is 0 Å². The SMILES string of the molecule is CC(C)(CBr)CSc1nnc2ccccn12. The lowest BCUT2D eigenvalue weighted by Crippen LogP contribution is -2.16. The zero-order valence-corrected chi connectivity index (χ0v) is 11.8. The number of hydrogen-bond acceptors (Lipinski definition) is 3. The van der Waals surface area contributed by atoms with Gasteiger partial charge >= 0.3 is 0 Å². The molecular formula is C11H14BrN3S. The van der Waals surface area contributed by atoms with E-state index in [0.717, 1.165) is 21.9 Å². The second-order valence-corrected chi connectivity index (χ2v) is 6.00. The molecule has 2 aromatic heterocycles. The Hall–Kier alpha value is -0.550. The van der Waals surface area contributed by atoms with Gasteiger partial charge in [0.2, 0.25) is 0 Å². The minimum atomic E-state index is 0.269. The highest BCUT2D eigenvalue weighted by molar-refractivity contribution is 9.09. The molecule has 0 aliphatic rings. The first-order valence-electron chi connectivity index (χ1n) is 5.11. The summed E-state index contributed by atoms with van der Waals surface area (Å²) in [5.74, 6) is 1.02. The maximum atomic E-state index is 4.19. The number of hydrogen-bond donors (Lipinski definition) is 0. The van der Waals surface area contributed by atoms with E-state index in [0.29, 0.717) is 0 Å². The van der Waals surface area contributed by atoms with Gasteiger partial charge in [0.25, 0.3) is 0 Å². The minimum absolute atomic E-state index is 0.269. The lowest BCUT2D eigenvalue weighted by molar-refractivity contribution is 0.495. The Balaban J connectivity index is 2.16. The molecule has 16 heavy (non-hydrogen) atoms. The van der Waals surface area contributed by atoms with Gasteiger partial charge in [0, 0.05) is 17.3 Å². The van der Waals surface area contributed by atoms with Crippen LogP contribution in [0.2, 0.25) is 0 Å². The maximum Gasteiger partial charge on any atom is 0.195 e. The molecule has 3 nitrogen and oxygen atoms in total. The normalized spacial score (nSPS) is 12.2. The second-order valence-electron chi connectivity index (χ2n) is 4.50. The molecule has 0 unspecified atom stereocenters. The van der Waals surface area contributed by atoms with Crippen LogP contribution in [0.3, 0.4) is 0 Å². The fourth-order valence-electron chi connectivity index (χ4n) is 1.22. The highest BCUT2D eigenvalue weighted by Gasteiger charge is 2.18. The summed E-state index contributed by atoms with van der Waals surface area (Å²) in [7, 11) is 0. The number of alkyl halides is 1. The van der Waals surface area contributed by atoms with Gasteiger partial charge in [-0.3, -0.25) is 4.40 Å². The van der Waals surface area contributed by atoms with E-state index in [1.165, 1.54) is 0 Å². The molecule has 0 aliphatic heterocycles. The fourth-order valence-corrected chi connectivity index (χ4v) is 2.69. The van der Waals surface area contributed by atoms with Crippen LogP contribution < -0.4 is 0 Å². The first kappa shape index (κ1) is 11.9. The summed E-state index contributed by atoms with van der Waals surface area (Å²) in [6.07, 6.45) is 2.00. The van der Waals surface area contributed by atoms with Gasteiger partial charge in [-0.25, -0.2) is 0 Å². The van der Waals surface area contributed by atoms with E-state index in [2.05, 4.69) is 40.0 Å². The van der Waals surface area contributed by atoms with Crippen molar-refractivity contribution in [2.75, 3.05) is 11.1 Å². The van der Waals surface area contributed by atoms with Crippen LogP contribution in [-0.4, -0.2) is 25.7 Å². The van der Waals surface area contributed by atoms with Gasteiger partial charge in [-0.2, -0.15) is 0 Å². The molecule has 2 aromatic rings. The zero-order chi connectivity index (χ0) is 11.6. The molecule has 0 saturated carbocycles. The highest BCUT2D eigenvalue weighted by atomic mass is 79.9. The fraction of sp³-hybridized carbons (Fsp3) is 0.455. The number of halogens is 1. The average Bonchev–Trinajstić information content (AvgIpc) is 2.70. The summed E-state index contributed by atoms with van der Waals surface area (Å²) in [4.78, 5) is 0. The van der Waals surface area contributed by atoms with E-state index in [9.17, 15) is 0 Å². The second kappa shape index (κ2) is 4.75. The molecule has 0 aromatic carbocycles. The van der Waals surface area contributed by atoms with E-state index in [4.69, 9.17) is 0 Å². The molecule has 86 valence electrons. The van der Waals surface area contributed by atoms with Crippen LogP contribution >= 0.6 is 27.7 Å². The van der Waals surface area contributed by atoms with Gasteiger partial charge in [0.1, 0.15) is 0 Å². The van der Waals surface area contributed by atoms with Crippen LogP contribution in [0.5, 0.6) is 0 Å². The summed E-state index contributed by atoms with van der Waals surface area (Å²) < 4.78 is 2.02. The molecule has 0 N–H and O–H groups in total. The number of aromatic nitrogens is 3. The molecule has 0 bridgehead atoms. The van der Waals surface area contributed by atoms with Crippen molar-refractivity contribution in [3.05, 3.63) is 24.4 Å². The Kier molecular flexibility index (Phi) is 3.54. The highest BCUT2D eigenvalue weighted by Crippen LogP contribution is 2.28. The quantitative estimate of drug-likeness (QED) is 0.641. The lowest BCUT2D eigenvalue weighted by Gasteiger charge is -2.19. The Morgan fingerprint density at radius 3 is 2.94 bits per heavy atom. The van der Waals surface area contributed by atoms with Crippen LogP contribution in [0, 0.1) is 5.41 Å². The number of nitrogens with zero attached hydrogens (tertiary/aromatic N) is 3. The molecule has 0 radical (unpaired) electrons. The number of rotatable bonds is 4. The van der Waals surface area contributed by atoms with Crippen LogP contribution in [-0.2, 0) is 0 Å². The number of fused-ring (bicyclic) bond motifs is 1. The van der Waals surface area contributed by atoms with Crippen LogP contribution in [0.15, 0.2) is 29.6 Å². The largest absolute Gasteiger partial charge is 0.277 e. The topological polar surface area (TPSA) is 30.2 Å². The third-order valence-corrected chi connectivity index (χ3v) is 5.22. The third kappa shape index (κ3) is 2.58. The summed E-state index contributed by atoms with van der Waals surface area (Å²) in [6, 6.07) is 5.93. The smallest absolute Gasteiger partial charge is 0.195 e. The van der Waals surface area contributed by atoms with Crippen LogP contribution in [0.4, 0.5) is 0 Å². The summed E-state index contributed by atoms with van der Waals surface area (Å²) in [6.45, 7) is 4.47. The summed E-state index contributed by atoms with van der Waals surface area (Å²) >= 11 is 5.28. The molecule has 0 aliphatic carbocycles. The third-order valence-electron chi connectivity index (χ3n) is 2.24. The van der Waals surface area contributed by atoms with Gasteiger partial charge in [-0.05, 0) is 17.5 Å². The van der Waals surface area contributed by atoms with Gasteiger partial charge < -0.3 is 0 Å². The standard InChI is InChI=1S/C11H14BrN3S/c1-11(2,7-12)8-16-10-14-13-9-5-3-4-6-15(9)10/h3-6H,7-8H2,1-2H3. The Labute approximate surface area is 108 Å². The molecule has 0 fully saturated rings. The van der Waals surface area contributed by atoms with E-state index < -0.39 is 0 Å². The molecule has 5 heteroatoms. The maximum absolute atomic E-state index is 4.19. The van der Waals surface area contributed by atoms with Gasteiger partial charge in [-0.1, -0.05) is 47.6 Å². The molecule has 0 atom stereocenters. The van der Waals surface area contributed by atoms with Gasteiger partial charge in [-0.15, -0.1) is 10.2 Å². The van der Waals surface area contributed by atoms with E-state index >= 15 is 0 Å². The molecule has 0 spiro atoms. The first-order valence-corrected chi connectivity index (χ1v) is 7.22. The van der Waals surface area contributed by atoms with E-state index in [1.807, 2.05) is 28.8 Å². The predicted molar refractivity (Wildman–Crippen MR) is 71.3 cm³/mol. The summed E-state index contributed by atoms with van der Waals surface area (Å²) in [5, 5.41) is 10.3. The predicted octanol–water partition coefficient (Wildman–Crippen LogP) is 3.24. The Bertz CT molecular complexity index is 481. The van der Waals surface area contributed by atoms with E-state index in [1.54, 1.807) is 11.8 Å². The summed E-state index contributed by atoms with van der Waals surface area (Å²) in [5.41, 5.74) is 1.17. The Morgan fingerprint density at radius 2 is 2.19 bits per heavy atom. The Morgan fingerprint density at radius 1 is 1.38 bits per heavy atom. The van der Waals surface area contributed by atoms with Crippen molar-refractivity contribution in [1.82, 2.24) is 14.6 Å². The zero-order valence-electron chi connectivity index (χ0n) is 9.35. The van der Waals surface area contributed by atoms with Crippen molar-refractivity contribution in [3.63, 3.8) is 0 Å². The molecule has 2 rings (SSSR count). The van der Waals surface area contributed by atoms with E-state index in [-0.39, 0.29) is 5.41 Å².